The topological polar surface area (TPSA) is 69.4 Å². The van der Waals surface area contributed by atoms with Crippen LogP contribution in [0.5, 0.6) is 0 Å². The second-order valence-electron chi connectivity index (χ2n) is 10.2. The molecule has 0 radical (unpaired) electrons. The molecule has 0 spiro atoms. The quantitative estimate of drug-likeness (QED) is 0.469. The molecule has 1 aromatic heterocycles. The van der Waals surface area contributed by atoms with Gasteiger partial charge in [-0.1, -0.05) is 0 Å². The van der Waals surface area contributed by atoms with Crippen LogP contribution < -0.4 is 10.2 Å². The number of nitrogens with zero attached hydrogens (tertiary/aromatic N) is 4. The van der Waals surface area contributed by atoms with Crippen LogP contribution in [0.3, 0.4) is 0 Å². The van der Waals surface area contributed by atoms with Crippen LogP contribution >= 0.6 is 0 Å². The van der Waals surface area contributed by atoms with Gasteiger partial charge in [0.2, 0.25) is 0 Å². The number of hydrogen-bond donors (Lipinski definition) is 2. The van der Waals surface area contributed by atoms with Crippen LogP contribution in [0.1, 0.15) is 49.7 Å². The zero-order valence-corrected chi connectivity index (χ0v) is 21.2. The number of ether oxygens (including phenoxy) is 1. The second-order valence-corrected chi connectivity index (χ2v) is 10.2. The first kappa shape index (κ1) is 24.9. The standard InChI is InChI=1S/C27H36F2N6O/c1-33-10-7-24(32-20-6-4-11-36-12-8-20)23(17-33)27(30)35-9-3-5-18-13-21(19-15-31-34(2)16-19)22(26(28)29)14-25(18)35/h13-16,20,26,30,32H,3-12,17H2,1-2H3. The third-order valence-electron chi connectivity index (χ3n) is 7.54. The van der Waals surface area contributed by atoms with Crippen molar-refractivity contribution in [1.29, 1.82) is 5.41 Å². The third kappa shape index (κ3) is 5.18. The molecule has 0 amide bonds. The second kappa shape index (κ2) is 10.7. The van der Waals surface area contributed by atoms with E-state index in [2.05, 4.69) is 22.4 Å². The van der Waals surface area contributed by atoms with E-state index in [4.69, 9.17) is 4.74 Å². The van der Waals surface area contributed by atoms with Crippen LogP contribution in [0.4, 0.5) is 14.5 Å². The molecule has 0 saturated carbocycles. The fraction of sp³-hybridized carbons (Fsp3) is 0.556. The van der Waals surface area contributed by atoms with Gasteiger partial charge < -0.3 is 19.9 Å². The van der Waals surface area contributed by atoms with Gasteiger partial charge in [-0.2, -0.15) is 5.10 Å². The van der Waals surface area contributed by atoms with Gasteiger partial charge in [0.15, 0.2) is 0 Å². The van der Waals surface area contributed by atoms with Gasteiger partial charge in [-0.05, 0) is 62.4 Å². The molecule has 1 unspecified atom stereocenters. The molecule has 194 valence electrons. The van der Waals surface area contributed by atoms with E-state index in [1.165, 1.54) is 0 Å². The molecule has 2 N–H and O–H groups in total. The zero-order chi connectivity index (χ0) is 25.2. The van der Waals surface area contributed by atoms with Crippen LogP contribution in [0.25, 0.3) is 11.1 Å². The Kier molecular flexibility index (Phi) is 7.39. The Bertz CT molecular complexity index is 1140. The number of likely N-dealkylation sites (N-methyl/N-ethyl adjacent to an activating group) is 1. The van der Waals surface area contributed by atoms with E-state index in [-0.39, 0.29) is 5.56 Å². The third-order valence-corrected chi connectivity index (χ3v) is 7.54. The van der Waals surface area contributed by atoms with Crippen molar-refractivity contribution in [2.24, 2.45) is 7.05 Å². The molecule has 0 aliphatic carbocycles. The van der Waals surface area contributed by atoms with Crippen molar-refractivity contribution in [3.8, 4) is 11.1 Å². The summed E-state index contributed by atoms with van der Waals surface area (Å²) in [6.07, 6.45) is 6.39. The lowest BCUT2D eigenvalue weighted by Gasteiger charge is -2.37. The van der Waals surface area contributed by atoms with Gasteiger partial charge >= 0.3 is 0 Å². The van der Waals surface area contributed by atoms with Gasteiger partial charge in [0.05, 0.1) is 6.20 Å². The zero-order valence-electron chi connectivity index (χ0n) is 21.2. The molecule has 7 nitrogen and oxygen atoms in total. The molecule has 1 saturated heterocycles. The molecule has 9 heteroatoms. The minimum atomic E-state index is -2.61. The Labute approximate surface area is 211 Å². The van der Waals surface area contributed by atoms with Gasteiger partial charge in [0.1, 0.15) is 5.84 Å². The fourth-order valence-corrected chi connectivity index (χ4v) is 5.60. The van der Waals surface area contributed by atoms with Crippen molar-refractivity contribution in [3.63, 3.8) is 0 Å². The predicted molar refractivity (Wildman–Crippen MR) is 138 cm³/mol. The lowest BCUT2D eigenvalue weighted by molar-refractivity contribution is 0.143. The highest BCUT2D eigenvalue weighted by Gasteiger charge is 2.30. The van der Waals surface area contributed by atoms with E-state index in [0.29, 0.717) is 36.1 Å². The molecule has 1 atom stereocenters. The Balaban J connectivity index is 1.49. The first-order chi connectivity index (χ1) is 17.4. The summed E-state index contributed by atoms with van der Waals surface area (Å²) in [5.74, 6) is 0.421. The number of nitrogens with one attached hydrogen (secondary N) is 2. The highest BCUT2D eigenvalue weighted by molar-refractivity contribution is 6.09. The van der Waals surface area contributed by atoms with Gasteiger partial charge in [0, 0.05) is 86.6 Å². The Morgan fingerprint density at radius 3 is 2.78 bits per heavy atom. The lowest BCUT2D eigenvalue weighted by atomic mass is 9.92. The number of fused-ring (bicyclic) bond motifs is 1. The number of anilines is 1. The van der Waals surface area contributed by atoms with Gasteiger partial charge in [-0.3, -0.25) is 10.1 Å². The molecule has 1 aromatic carbocycles. The normalized spacial score (nSPS) is 21.5. The Morgan fingerprint density at radius 1 is 1.14 bits per heavy atom. The maximum atomic E-state index is 14.2. The molecule has 0 bridgehead atoms. The average molecular weight is 499 g/mol. The number of alkyl halides is 2. The molecule has 2 aromatic rings. The van der Waals surface area contributed by atoms with E-state index >= 15 is 0 Å². The van der Waals surface area contributed by atoms with E-state index in [0.717, 1.165) is 80.8 Å². The molecule has 36 heavy (non-hydrogen) atoms. The number of hydrogen-bond acceptors (Lipinski definition) is 5. The number of aryl methyl sites for hydroxylation is 2. The monoisotopic (exact) mass is 498 g/mol. The first-order valence-electron chi connectivity index (χ1n) is 13.0. The molecule has 1 fully saturated rings. The minimum Gasteiger partial charge on any atom is -0.385 e. The smallest absolute Gasteiger partial charge is 0.264 e. The molecular weight excluding hydrogens is 462 g/mol. The van der Waals surface area contributed by atoms with Crippen molar-refractivity contribution in [2.75, 3.05) is 44.8 Å². The maximum Gasteiger partial charge on any atom is 0.264 e. The summed E-state index contributed by atoms with van der Waals surface area (Å²) in [5.41, 5.74) is 5.05. The SMILES string of the molecule is CN1CCC(NC2CCCOCC2)=C(C(=N)N2CCCc3cc(-c4cnn(C)c4)c(C(F)F)cc32)C1. The molecule has 4 heterocycles. The predicted octanol–water partition coefficient (Wildman–Crippen LogP) is 4.50. The molecule has 3 aliphatic rings. The number of amidine groups is 1. The lowest BCUT2D eigenvalue weighted by Crippen LogP contribution is -2.44. The molecule has 3 aliphatic heterocycles. The number of rotatable bonds is 5. The summed E-state index contributed by atoms with van der Waals surface area (Å²) in [7, 11) is 3.86. The summed E-state index contributed by atoms with van der Waals surface area (Å²) in [6.45, 7) is 3.82. The fourth-order valence-electron chi connectivity index (χ4n) is 5.60. The van der Waals surface area contributed by atoms with Crippen LogP contribution in [0, 0.1) is 5.41 Å². The minimum absolute atomic E-state index is 0.00649. The summed E-state index contributed by atoms with van der Waals surface area (Å²) in [6, 6.07) is 3.84. The highest BCUT2D eigenvalue weighted by atomic mass is 19.3. The van der Waals surface area contributed by atoms with Crippen LogP contribution in [-0.4, -0.2) is 66.5 Å². The van der Waals surface area contributed by atoms with E-state index in [1.807, 2.05) is 11.0 Å². The van der Waals surface area contributed by atoms with Crippen molar-refractivity contribution >= 4 is 11.5 Å². The summed E-state index contributed by atoms with van der Waals surface area (Å²) in [4.78, 5) is 4.18. The van der Waals surface area contributed by atoms with E-state index in [9.17, 15) is 14.2 Å². The van der Waals surface area contributed by atoms with E-state index in [1.54, 1.807) is 30.2 Å². The van der Waals surface area contributed by atoms with Crippen molar-refractivity contribution < 1.29 is 13.5 Å². The van der Waals surface area contributed by atoms with E-state index < -0.39 is 6.43 Å². The van der Waals surface area contributed by atoms with Crippen LogP contribution in [0.15, 0.2) is 35.8 Å². The van der Waals surface area contributed by atoms with Crippen molar-refractivity contribution in [2.45, 2.75) is 51.0 Å². The maximum absolute atomic E-state index is 14.2. The molecule has 5 rings (SSSR count). The number of halogens is 2. The largest absolute Gasteiger partial charge is 0.385 e. The Hall–Kier alpha value is -2.78. The van der Waals surface area contributed by atoms with Gasteiger partial charge in [0.25, 0.3) is 6.43 Å². The van der Waals surface area contributed by atoms with Gasteiger partial charge in [-0.15, -0.1) is 0 Å². The van der Waals surface area contributed by atoms with Crippen LogP contribution in [0.2, 0.25) is 0 Å². The summed E-state index contributed by atoms with van der Waals surface area (Å²) < 4.78 is 35.8. The van der Waals surface area contributed by atoms with Crippen LogP contribution in [-0.2, 0) is 18.2 Å². The summed E-state index contributed by atoms with van der Waals surface area (Å²) >= 11 is 0. The summed E-state index contributed by atoms with van der Waals surface area (Å²) in [5, 5.41) is 17.2. The average Bonchev–Trinajstić information content (AvgIpc) is 3.14. The molecular formula is C27H36F2N6O. The first-order valence-corrected chi connectivity index (χ1v) is 13.0. The Morgan fingerprint density at radius 2 is 2.00 bits per heavy atom. The van der Waals surface area contributed by atoms with Crippen molar-refractivity contribution in [1.82, 2.24) is 20.0 Å². The number of benzene rings is 1. The van der Waals surface area contributed by atoms with Crippen molar-refractivity contribution in [3.05, 3.63) is 46.9 Å². The number of aromatic nitrogens is 2. The van der Waals surface area contributed by atoms with Gasteiger partial charge in [-0.25, -0.2) is 8.78 Å². The highest BCUT2D eigenvalue weighted by Crippen LogP contribution is 2.39.